The number of nitriles is 4. The third-order valence-electron chi connectivity index (χ3n) is 9.32. The molecule has 158 valence electrons. The first-order valence-electron chi connectivity index (χ1n) is 11.4. The van der Waals surface area contributed by atoms with Crippen molar-refractivity contribution in [3.05, 3.63) is 71.3 Å². The quantitative estimate of drug-likeness (QED) is 0.646. The Morgan fingerprint density at radius 2 is 1.45 bits per heavy atom. The first-order chi connectivity index (χ1) is 16.1. The molecule has 6 atom stereocenters. The minimum absolute atomic E-state index is 0.0690. The number of carbonyl (C=O) groups is 1. The van der Waals surface area contributed by atoms with Crippen LogP contribution in [0.4, 0.5) is 0 Å². The molecule has 2 aromatic rings. The molecule has 3 fully saturated rings. The fraction of sp³-hybridized carbons (Fsp3) is 0.393. The van der Waals surface area contributed by atoms with Crippen LogP contribution < -0.4 is 0 Å². The second kappa shape index (κ2) is 6.32. The highest BCUT2D eigenvalue weighted by Gasteiger charge is 2.85. The van der Waals surface area contributed by atoms with Gasteiger partial charge in [0, 0.05) is 11.5 Å². The highest BCUT2D eigenvalue weighted by Crippen LogP contribution is 2.80. The van der Waals surface area contributed by atoms with E-state index in [1.165, 1.54) is 0 Å². The van der Waals surface area contributed by atoms with Crippen LogP contribution in [0, 0.1) is 79.8 Å². The van der Waals surface area contributed by atoms with Crippen LogP contribution >= 0.6 is 0 Å². The van der Waals surface area contributed by atoms with Crippen LogP contribution in [0.3, 0.4) is 0 Å². The zero-order chi connectivity index (χ0) is 23.0. The number of carbonyl (C=O) groups excluding carboxylic acids is 1. The van der Waals surface area contributed by atoms with Crippen molar-refractivity contribution in [2.75, 3.05) is 0 Å². The molecule has 2 aromatic carbocycles. The van der Waals surface area contributed by atoms with Gasteiger partial charge in [-0.05, 0) is 54.1 Å². The molecule has 0 amide bonds. The van der Waals surface area contributed by atoms with Gasteiger partial charge >= 0.3 is 0 Å². The summed E-state index contributed by atoms with van der Waals surface area (Å²) in [6.07, 6.45) is 2.87. The minimum atomic E-state index is -2.11. The lowest BCUT2D eigenvalue weighted by molar-refractivity contribution is -0.0654. The number of ketones is 1. The van der Waals surface area contributed by atoms with E-state index in [1.54, 1.807) is 24.3 Å². The van der Waals surface area contributed by atoms with Gasteiger partial charge in [-0.2, -0.15) is 21.0 Å². The zero-order valence-electron chi connectivity index (χ0n) is 17.9. The second-order valence-electron chi connectivity index (χ2n) is 10.0. The third kappa shape index (κ3) is 1.83. The normalized spacial score (nSPS) is 35.2. The van der Waals surface area contributed by atoms with Crippen molar-refractivity contribution in [3.8, 4) is 24.3 Å². The summed E-state index contributed by atoms with van der Waals surface area (Å²) < 4.78 is 0. The Balaban J connectivity index is 1.83. The molecule has 33 heavy (non-hydrogen) atoms. The fourth-order valence-electron chi connectivity index (χ4n) is 8.46. The van der Waals surface area contributed by atoms with Gasteiger partial charge in [-0.15, -0.1) is 0 Å². The Hall–Kier alpha value is -3.93. The number of rotatable bonds is 2. The van der Waals surface area contributed by atoms with E-state index in [4.69, 9.17) is 0 Å². The minimum Gasteiger partial charge on any atom is -0.293 e. The molecular formula is C28H20N4O. The maximum Gasteiger partial charge on any atom is 0.193 e. The molecule has 6 unspecified atom stereocenters. The van der Waals surface area contributed by atoms with Gasteiger partial charge in [0.05, 0.1) is 29.7 Å². The average Bonchev–Trinajstić information content (AvgIpc) is 3.51. The van der Waals surface area contributed by atoms with Gasteiger partial charge in [-0.3, -0.25) is 4.79 Å². The summed E-state index contributed by atoms with van der Waals surface area (Å²) in [5.74, 6) is -0.695. The number of nitrogens with zero attached hydrogens (tertiary/aromatic N) is 4. The molecule has 4 bridgehead atoms. The predicted octanol–water partition coefficient (Wildman–Crippen LogP) is 4.65. The summed E-state index contributed by atoms with van der Waals surface area (Å²) in [6.45, 7) is 0. The van der Waals surface area contributed by atoms with Crippen molar-refractivity contribution in [2.45, 2.75) is 30.6 Å². The predicted molar refractivity (Wildman–Crippen MR) is 117 cm³/mol. The van der Waals surface area contributed by atoms with Gasteiger partial charge < -0.3 is 0 Å². The molecule has 0 heterocycles. The summed E-state index contributed by atoms with van der Waals surface area (Å²) in [6, 6.07) is 24.9. The lowest BCUT2D eigenvalue weighted by atomic mass is 9.29. The summed E-state index contributed by atoms with van der Waals surface area (Å²) in [7, 11) is 0. The van der Waals surface area contributed by atoms with E-state index < -0.39 is 22.2 Å². The van der Waals surface area contributed by atoms with E-state index >= 15 is 0 Å². The van der Waals surface area contributed by atoms with Crippen molar-refractivity contribution >= 4 is 5.78 Å². The zero-order valence-corrected chi connectivity index (χ0v) is 17.9. The highest BCUT2D eigenvalue weighted by molar-refractivity contribution is 6.07. The molecule has 0 saturated heterocycles. The summed E-state index contributed by atoms with van der Waals surface area (Å²) >= 11 is 0. The molecule has 5 heteroatoms. The van der Waals surface area contributed by atoms with Gasteiger partial charge in [-0.25, -0.2) is 0 Å². The Kier molecular flexibility index (Phi) is 3.78. The lowest BCUT2D eigenvalue weighted by Crippen LogP contribution is -2.73. The highest BCUT2D eigenvalue weighted by atomic mass is 16.1. The van der Waals surface area contributed by atoms with Gasteiger partial charge in [-0.1, -0.05) is 54.6 Å². The Labute approximate surface area is 192 Å². The SMILES string of the molecule is N#CC1(C#N)C2c3ccccc3C(C(=O)c3ccccc3)(C3C4CCC(C4)C23)C1(C#N)C#N. The molecule has 5 aliphatic carbocycles. The molecule has 0 aliphatic heterocycles. The molecule has 3 saturated carbocycles. The Bertz CT molecular complexity index is 1340. The topological polar surface area (TPSA) is 112 Å². The van der Waals surface area contributed by atoms with E-state index in [0.717, 1.165) is 24.8 Å². The first-order valence-corrected chi connectivity index (χ1v) is 11.4. The van der Waals surface area contributed by atoms with Gasteiger partial charge in [0.25, 0.3) is 0 Å². The molecule has 0 radical (unpaired) electrons. The molecule has 0 spiro atoms. The van der Waals surface area contributed by atoms with Crippen LogP contribution in [0.2, 0.25) is 0 Å². The smallest absolute Gasteiger partial charge is 0.193 e. The van der Waals surface area contributed by atoms with Gasteiger partial charge in [0.2, 0.25) is 0 Å². The van der Waals surface area contributed by atoms with Crippen molar-refractivity contribution in [3.63, 3.8) is 0 Å². The molecule has 5 aliphatic rings. The number of Topliss-reactive ketones (excluding diaryl/α,β-unsaturated/α-hetero) is 1. The molecular weight excluding hydrogens is 408 g/mol. The Morgan fingerprint density at radius 1 is 0.818 bits per heavy atom. The van der Waals surface area contributed by atoms with Crippen LogP contribution in [-0.2, 0) is 5.41 Å². The maximum absolute atomic E-state index is 14.7. The van der Waals surface area contributed by atoms with Crippen LogP contribution in [0.25, 0.3) is 0 Å². The summed E-state index contributed by atoms with van der Waals surface area (Å²) in [4.78, 5) is 14.7. The number of fused-ring (bicyclic) bond motifs is 3. The van der Waals surface area contributed by atoms with Crippen LogP contribution in [0.5, 0.6) is 0 Å². The van der Waals surface area contributed by atoms with Crippen molar-refractivity contribution in [1.29, 1.82) is 21.0 Å². The van der Waals surface area contributed by atoms with Gasteiger partial charge in [0.15, 0.2) is 16.6 Å². The van der Waals surface area contributed by atoms with Crippen LogP contribution in [-0.4, -0.2) is 5.78 Å². The van der Waals surface area contributed by atoms with Crippen molar-refractivity contribution in [1.82, 2.24) is 0 Å². The third-order valence-corrected chi connectivity index (χ3v) is 9.32. The van der Waals surface area contributed by atoms with Crippen LogP contribution in [0.1, 0.15) is 46.7 Å². The van der Waals surface area contributed by atoms with E-state index in [-0.39, 0.29) is 29.5 Å². The number of hydrogen-bond donors (Lipinski definition) is 0. The summed E-state index contributed by atoms with van der Waals surface area (Å²) in [5, 5.41) is 42.5. The second-order valence-corrected chi connectivity index (χ2v) is 10.0. The molecule has 7 rings (SSSR count). The monoisotopic (exact) mass is 428 g/mol. The molecule has 0 N–H and O–H groups in total. The van der Waals surface area contributed by atoms with Gasteiger partial charge in [0.1, 0.15) is 0 Å². The fourth-order valence-corrected chi connectivity index (χ4v) is 8.46. The summed E-state index contributed by atoms with van der Waals surface area (Å²) in [5.41, 5.74) is -3.74. The van der Waals surface area contributed by atoms with E-state index in [2.05, 4.69) is 24.3 Å². The standard InChI is InChI=1S/C28H20N4O/c29-13-26(14-30)24-20-8-4-5-9-21(20)28(27(26,15-31)16-32,25(33)17-6-2-1-3-7-17)23-19-11-10-18(12-19)22(23)24/h1-9,18-19,22-24H,10-12H2. The van der Waals surface area contributed by atoms with Crippen molar-refractivity contribution in [2.24, 2.45) is 34.5 Å². The maximum atomic E-state index is 14.7. The van der Waals surface area contributed by atoms with Crippen LogP contribution in [0.15, 0.2) is 54.6 Å². The molecule has 0 aromatic heterocycles. The number of benzene rings is 2. The van der Waals surface area contributed by atoms with Crippen molar-refractivity contribution < 1.29 is 4.79 Å². The molecule has 5 nitrogen and oxygen atoms in total. The van der Waals surface area contributed by atoms with E-state index in [0.29, 0.717) is 11.1 Å². The van der Waals surface area contributed by atoms with E-state index in [9.17, 15) is 25.8 Å². The largest absolute Gasteiger partial charge is 0.293 e. The first kappa shape index (κ1) is 19.7. The van der Waals surface area contributed by atoms with E-state index in [1.807, 2.05) is 30.3 Å². The lowest BCUT2D eigenvalue weighted by Gasteiger charge is -2.66. The Morgan fingerprint density at radius 3 is 2.12 bits per heavy atom. The number of hydrogen-bond acceptors (Lipinski definition) is 5. The average molecular weight is 428 g/mol.